The maximum atomic E-state index is 5.01. The SMILES string of the molecule is CC(C)=CCN[C@@H]1CCCN(Cc2noc(C)n2)C1. The number of rotatable bonds is 5. The van der Waals surface area contributed by atoms with Gasteiger partial charge in [-0.2, -0.15) is 4.98 Å². The molecule has 2 heterocycles. The van der Waals surface area contributed by atoms with Crippen LogP contribution in [0, 0.1) is 6.92 Å². The maximum Gasteiger partial charge on any atom is 0.223 e. The number of likely N-dealkylation sites (tertiary alicyclic amines) is 1. The molecule has 5 heteroatoms. The van der Waals surface area contributed by atoms with Crippen LogP contribution in [0.5, 0.6) is 0 Å². The summed E-state index contributed by atoms with van der Waals surface area (Å²) in [5, 5.41) is 7.55. The summed E-state index contributed by atoms with van der Waals surface area (Å²) < 4.78 is 5.01. The smallest absolute Gasteiger partial charge is 0.223 e. The first-order valence-corrected chi connectivity index (χ1v) is 7.02. The minimum Gasteiger partial charge on any atom is -0.340 e. The highest BCUT2D eigenvalue weighted by Crippen LogP contribution is 2.12. The molecule has 19 heavy (non-hydrogen) atoms. The van der Waals surface area contributed by atoms with Crippen LogP contribution >= 0.6 is 0 Å². The molecule has 5 nitrogen and oxygen atoms in total. The molecule has 1 N–H and O–H groups in total. The Morgan fingerprint density at radius 2 is 2.37 bits per heavy atom. The number of aromatic nitrogens is 2. The number of allylic oxidation sites excluding steroid dienone is 1. The van der Waals surface area contributed by atoms with Crippen LogP contribution in [0.2, 0.25) is 0 Å². The Balaban J connectivity index is 1.78. The number of piperidine rings is 1. The topological polar surface area (TPSA) is 54.2 Å². The van der Waals surface area contributed by atoms with Crippen molar-refractivity contribution in [2.24, 2.45) is 0 Å². The van der Waals surface area contributed by atoms with Gasteiger partial charge in [-0.25, -0.2) is 0 Å². The molecule has 106 valence electrons. The van der Waals surface area contributed by atoms with Crippen molar-refractivity contribution >= 4 is 0 Å². The molecule has 0 unspecified atom stereocenters. The molecule has 0 saturated carbocycles. The molecule has 0 aromatic carbocycles. The fourth-order valence-corrected chi connectivity index (χ4v) is 2.40. The number of aryl methyl sites for hydroxylation is 1. The average Bonchev–Trinajstić information content (AvgIpc) is 2.75. The van der Waals surface area contributed by atoms with E-state index in [1.54, 1.807) is 0 Å². The molecule has 1 atom stereocenters. The van der Waals surface area contributed by atoms with Crippen LogP contribution in [0.15, 0.2) is 16.2 Å². The summed E-state index contributed by atoms with van der Waals surface area (Å²) >= 11 is 0. The lowest BCUT2D eigenvalue weighted by Crippen LogP contribution is -2.45. The van der Waals surface area contributed by atoms with E-state index in [1.807, 2.05) is 6.92 Å². The maximum absolute atomic E-state index is 5.01. The molecule has 1 aliphatic rings. The Labute approximate surface area is 115 Å². The van der Waals surface area contributed by atoms with Crippen molar-refractivity contribution in [1.29, 1.82) is 0 Å². The predicted octanol–water partition coefficient (Wildman–Crippen LogP) is 1.90. The molecule has 1 aliphatic heterocycles. The summed E-state index contributed by atoms with van der Waals surface area (Å²) in [6, 6.07) is 0.567. The second-order valence-corrected chi connectivity index (χ2v) is 5.49. The third kappa shape index (κ3) is 4.76. The van der Waals surface area contributed by atoms with E-state index in [2.05, 4.69) is 40.3 Å². The second-order valence-electron chi connectivity index (χ2n) is 5.49. The summed E-state index contributed by atoms with van der Waals surface area (Å²) in [5.74, 6) is 1.44. The van der Waals surface area contributed by atoms with Crippen molar-refractivity contribution in [2.75, 3.05) is 19.6 Å². The molecule has 0 amide bonds. The molecule has 1 saturated heterocycles. The van der Waals surface area contributed by atoms with E-state index < -0.39 is 0 Å². The van der Waals surface area contributed by atoms with Crippen LogP contribution in [-0.4, -0.2) is 40.7 Å². The van der Waals surface area contributed by atoms with E-state index >= 15 is 0 Å². The van der Waals surface area contributed by atoms with Gasteiger partial charge in [-0.3, -0.25) is 4.90 Å². The minimum absolute atomic E-state index is 0.567. The first kappa shape index (κ1) is 14.2. The van der Waals surface area contributed by atoms with Crippen molar-refractivity contribution in [1.82, 2.24) is 20.4 Å². The standard InChI is InChI=1S/C14H24N4O/c1-11(2)6-7-15-13-5-4-8-18(9-13)10-14-16-12(3)19-17-14/h6,13,15H,4-5,7-10H2,1-3H3/t13-/m1/s1. The summed E-state index contributed by atoms with van der Waals surface area (Å²) in [7, 11) is 0. The van der Waals surface area contributed by atoms with Crippen molar-refractivity contribution in [3.8, 4) is 0 Å². The Kier molecular flexibility index (Phi) is 5.10. The van der Waals surface area contributed by atoms with Gasteiger partial charge in [-0.05, 0) is 33.2 Å². The third-order valence-electron chi connectivity index (χ3n) is 3.36. The van der Waals surface area contributed by atoms with E-state index in [4.69, 9.17) is 4.52 Å². The molecule has 2 rings (SSSR count). The summed E-state index contributed by atoms with van der Waals surface area (Å²) in [6.45, 7) is 10.0. The lowest BCUT2D eigenvalue weighted by Gasteiger charge is -2.32. The van der Waals surface area contributed by atoms with Gasteiger partial charge in [0, 0.05) is 26.1 Å². The van der Waals surface area contributed by atoms with Gasteiger partial charge in [-0.15, -0.1) is 0 Å². The van der Waals surface area contributed by atoms with Crippen molar-refractivity contribution < 1.29 is 4.52 Å². The molecule has 0 radical (unpaired) electrons. The van der Waals surface area contributed by atoms with E-state index in [9.17, 15) is 0 Å². The first-order chi connectivity index (χ1) is 9.13. The fraction of sp³-hybridized carbons (Fsp3) is 0.714. The van der Waals surface area contributed by atoms with Gasteiger partial charge in [0.2, 0.25) is 5.89 Å². The van der Waals surface area contributed by atoms with Gasteiger partial charge >= 0.3 is 0 Å². The average molecular weight is 264 g/mol. The van der Waals surface area contributed by atoms with Crippen LogP contribution in [0.1, 0.15) is 38.4 Å². The van der Waals surface area contributed by atoms with E-state index in [-0.39, 0.29) is 0 Å². The second kappa shape index (κ2) is 6.82. The highest BCUT2D eigenvalue weighted by molar-refractivity contribution is 4.95. The molecule has 1 fully saturated rings. The van der Waals surface area contributed by atoms with E-state index in [0.717, 1.165) is 32.0 Å². The largest absolute Gasteiger partial charge is 0.340 e. The van der Waals surface area contributed by atoms with Crippen molar-refractivity contribution in [3.63, 3.8) is 0 Å². The molecular weight excluding hydrogens is 240 g/mol. The number of hydrogen-bond acceptors (Lipinski definition) is 5. The van der Waals surface area contributed by atoms with Crippen LogP contribution < -0.4 is 5.32 Å². The molecular formula is C14H24N4O. The van der Waals surface area contributed by atoms with E-state index in [1.165, 1.54) is 18.4 Å². The number of nitrogens with one attached hydrogen (secondary N) is 1. The summed E-state index contributed by atoms with van der Waals surface area (Å²) in [4.78, 5) is 6.66. The Hall–Kier alpha value is -1.20. The van der Waals surface area contributed by atoms with E-state index in [0.29, 0.717) is 11.9 Å². The number of hydrogen-bond donors (Lipinski definition) is 1. The van der Waals surface area contributed by atoms with Crippen LogP contribution in [-0.2, 0) is 6.54 Å². The Morgan fingerprint density at radius 1 is 1.53 bits per heavy atom. The lowest BCUT2D eigenvalue weighted by atomic mass is 10.1. The van der Waals surface area contributed by atoms with Crippen LogP contribution in [0.4, 0.5) is 0 Å². The van der Waals surface area contributed by atoms with Gasteiger partial charge in [-0.1, -0.05) is 16.8 Å². The summed E-state index contributed by atoms with van der Waals surface area (Å²) in [6.07, 6.45) is 4.71. The number of nitrogens with zero attached hydrogens (tertiary/aromatic N) is 3. The Morgan fingerprint density at radius 3 is 3.05 bits per heavy atom. The molecule has 0 spiro atoms. The van der Waals surface area contributed by atoms with Gasteiger partial charge in [0.25, 0.3) is 0 Å². The van der Waals surface area contributed by atoms with Crippen LogP contribution in [0.3, 0.4) is 0 Å². The van der Waals surface area contributed by atoms with Crippen molar-refractivity contribution in [2.45, 2.75) is 46.2 Å². The molecule has 1 aromatic heterocycles. The fourth-order valence-electron chi connectivity index (χ4n) is 2.40. The highest BCUT2D eigenvalue weighted by atomic mass is 16.5. The molecule has 0 bridgehead atoms. The zero-order chi connectivity index (χ0) is 13.7. The van der Waals surface area contributed by atoms with Crippen LogP contribution in [0.25, 0.3) is 0 Å². The predicted molar refractivity (Wildman–Crippen MR) is 74.8 cm³/mol. The zero-order valence-electron chi connectivity index (χ0n) is 12.1. The third-order valence-corrected chi connectivity index (χ3v) is 3.36. The quantitative estimate of drug-likeness (QED) is 0.823. The minimum atomic E-state index is 0.567. The lowest BCUT2D eigenvalue weighted by molar-refractivity contribution is 0.180. The van der Waals surface area contributed by atoms with Gasteiger partial charge in [0.15, 0.2) is 5.82 Å². The zero-order valence-corrected chi connectivity index (χ0v) is 12.1. The van der Waals surface area contributed by atoms with Crippen molar-refractivity contribution in [3.05, 3.63) is 23.4 Å². The molecule has 1 aromatic rings. The Bertz CT molecular complexity index is 423. The van der Waals surface area contributed by atoms with Gasteiger partial charge < -0.3 is 9.84 Å². The normalized spacial score (nSPS) is 20.5. The van der Waals surface area contributed by atoms with Gasteiger partial charge in [0.05, 0.1) is 6.54 Å². The van der Waals surface area contributed by atoms with Gasteiger partial charge in [0.1, 0.15) is 0 Å². The molecule has 0 aliphatic carbocycles. The summed E-state index contributed by atoms with van der Waals surface area (Å²) in [5.41, 5.74) is 1.36. The monoisotopic (exact) mass is 264 g/mol. The first-order valence-electron chi connectivity index (χ1n) is 7.02. The highest BCUT2D eigenvalue weighted by Gasteiger charge is 2.20.